The van der Waals surface area contributed by atoms with Crippen molar-refractivity contribution in [2.24, 2.45) is 17.8 Å². The number of carbonyl (C=O) groups is 5. The summed E-state index contributed by atoms with van der Waals surface area (Å²) in [7, 11) is 0. The van der Waals surface area contributed by atoms with Crippen LogP contribution in [-0.2, 0) is 19.2 Å². The SMILES string of the molecule is CCC.CCNC(=O)C(NC(=O)[C@H](C)NCC(NC(=O)CNC(=O)C(NC(=O)c1cc[n+](O)cc1)[C@@H](C)CC)[C@@H](C)CC)C(C)C. The number of pyridine rings is 1. The zero-order chi connectivity index (χ0) is 35.4. The van der Waals surface area contributed by atoms with E-state index in [1.54, 1.807) is 6.92 Å². The van der Waals surface area contributed by atoms with Gasteiger partial charge in [-0.3, -0.25) is 29.2 Å². The minimum Gasteiger partial charge on any atom is -0.355 e. The van der Waals surface area contributed by atoms with Crippen molar-refractivity contribution in [2.75, 3.05) is 19.6 Å². The predicted octanol–water partition coefficient (Wildman–Crippen LogP) is 1.67. The van der Waals surface area contributed by atoms with Gasteiger partial charge >= 0.3 is 0 Å². The van der Waals surface area contributed by atoms with E-state index in [1.165, 1.54) is 30.9 Å². The molecule has 0 radical (unpaired) electrons. The fourth-order valence-corrected chi connectivity index (χ4v) is 4.20. The Kier molecular flexibility index (Phi) is 20.9. The van der Waals surface area contributed by atoms with Gasteiger partial charge in [-0.1, -0.05) is 74.7 Å². The van der Waals surface area contributed by atoms with Crippen LogP contribution >= 0.6 is 0 Å². The first-order valence-electron chi connectivity index (χ1n) is 16.6. The van der Waals surface area contributed by atoms with E-state index >= 15 is 0 Å². The molecule has 0 saturated carbocycles. The summed E-state index contributed by atoms with van der Waals surface area (Å²) in [5.41, 5.74) is 0.278. The molecule has 3 unspecified atom stereocenters. The molecule has 1 aromatic heterocycles. The summed E-state index contributed by atoms with van der Waals surface area (Å²) < 4.78 is 0.808. The second-order valence-corrected chi connectivity index (χ2v) is 12.0. The number of rotatable bonds is 18. The van der Waals surface area contributed by atoms with Crippen LogP contribution < -0.4 is 36.6 Å². The molecule has 5 amide bonds. The van der Waals surface area contributed by atoms with E-state index < -0.39 is 35.8 Å². The van der Waals surface area contributed by atoms with E-state index in [2.05, 4.69) is 45.7 Å². The maximum absolute atomic E-state index is 13.0. The first-order valence-corrected chi connectivity index (χ1v) is 16.6. The molecule has 13 nitrogen and oxygen atoms in total. The van der Waals surface area contributed by atoms with Gasteiger partial charge in [0.1, 0.15) is 12.1 Å². The Morgan fingerprint density at radius 1 is 0.739 bits per heavy atom. The number of carbonyl (C=O) groups excluding carboxylic acids is 5. The van der Waals surface area contributed by atoms with Gasteiger partial charge in [0.15, 0.2) is 0 Å². The normalized spacial score (nSPS) is 14.7. The molecule has 0 bridgehead atoms. The van der Waals surface area contributed by atoms with Crippen LogP contribution in [0.1, 0.15) is 98.9 Å². The monoisotopic (exact) mass is 650 g/mol. The quantitative estimate of drug-likeness (QED) is 0.0932. The third kappa shape index (κ3) is 15.5. The summed E-state index contributed by atoms with van der Waals surface area (Å²) in [6.07, 6.45) is 5.25. The molecule has 0 aliphatic rings. The standard InChI is InChI=1S/C30H51N7O6.C3H8/c1-9-19(6)23(16-32-21(8)27(39)35-25(18(4)5)29(41)31-11-3)34-24(38)17-33-30(42)26(20(7)10-2)36-28(40)22-12-14-37(43)15-13-22;1-3-2/h12-15,18-21,23,25-26,32H,9-11,16-17H2,1-8H3,(H5-,31,33,34,35,36,38,39,40,41,42,43);3H2,1-2H3/p+1/t19-,20-,21-,23?,25?,26?;/m0./s1. The topological polar surface area (TPSA) is 182 Å². The van der Waals surface area contributed by atoms with Gasteiger partial charge in [-0.05, 0) is 31.6 Å². The Morgan fingerprint density at radius 2 is 1.28 bits per heavy atom. The largest absolute Gasteiger partial charge is 0.355 e. The summed E-state index contributed by atoms with van der Waals surface area (Å²) >= 11 is 0. The fourth-order valence-electron chi connectivity index (χ4n) is 4.20. The molecule has 1 heterocycles. The van der Waals surface area contributed by atoms with Crippen molar-refractivity contribution in [2.45, 2.75) is 113 Å². The molecule has 0 aromatic carbocycles. The summed E-state index contributed by atoms with van der Waals surface area (Å²) in [5, 5.41) is 26.4. The number of nitrogens with one attached hydrogen (secondary N) is 6. The fraction of sp³-hybridized carbons (Fsp3) is 0.697. The third-order valence-electron chi connectivity index (χ3n) is 7.59. The highest BCUT2D eigenvalue weighted by molar-refractivity contribution is 5.98. The number of amides is 5. The first kappa shape index (κ1) is 42.3. The van der Waals surface area contributed by atoms with Gasteiger partial charge < -0.3 is 31.9 Å². The van der Waals surface area contributed by atoms with Crippen molar-refractivity contribution in [3.63, 3.8) is 0 Å². The zero-order valence-electron chi connectivity index (χ0n) is 29.5. The Labute approximate surface area is 275 Å². The van der Waals surface area contributed by atoms with Crippen LogP contribution in [0.5, 0.6) is 0 Å². The summed E-state index contributed by atoms with van der Waals surface area (Å²) in [6.45, 7) is 19.7. The summed E-state index contributed by atoms with van der Waals surface area (Å²) in [6, 6.07) is 0.376. The first-order chi connectivity index (χ1) is 21.7. The van der Waals surface area contributed by atoms with Gasteiger partial charge in [-0.25, -0.2) is 0 Å². The van der Waals surface area contributed by atoms with E-state index in [0.717, 1.165) is 11.2 Å². The summed E-state index contributed by atoms with van der Waals surface area (Å²) in [5.74, 6) is -2.15. The van der Waals surface area contributed by atoms with Gasteiger partial charge in [0.25, 0.3) is 5.91 Å². The van der Waals surface area contributed by atoms with Gasteiger partial charge in [-0.15, -0.1) is 0 Å². The average molecular weight is 651 g/mol. The Bertz CT molecular complexity index is 1080. The van der Waals surface area contributed by atoms with E-state index in [0.29, 0.717) is 19.5 Å². The lowest BCUT2D eigenvalue weighted by atomic mass is 9.97. The van der Waals surface area contributed by atoms with E-state index in [4.69, 9.17) is 0 Å². The lowest BCUT2D eigenvalue weighted by Crippen LogP contribution is -2.56. The molecule has 0 saturated heterocycles. The van der Waals surface area contributed by atoms with Crippen molar-refractivity contribution in [1.82, 2.24) is 31.9 Å². The molecule has 7 N–H and O–H groups in total. The molecule has 0 fully saturated rings. The van der Waals surface area contributed by atoms with Crippen molar-refractivity contribution in [3.8, 4) is 0 Å². The third-order valence-corrected chi connectivity index (χ3v) is 7.59. The molecule has 1 aromatic rings. The second kappa shape index (κ2) is 22.7. The molecule has 0 aliphatic heterocycles. The van der Waals surface area contributed by atoms with Gasteiger partial charge in [-0.2, -0.15) is 0 Å². The predicted molar refractivity (Wildman–Crippen MR) is 178 cm³/mol. The smallest absolute Gasteiger partial charge is 0.252 e. The number of hydrogen-bond acceptors (Lipinski definition) is 7. The molecular formula is C33H60N7O6+. The van der Waals surface area contributed by atoms with E-state index in [9.17, 15) is 29.2 Å². The van der Waals surface area contributed by atoms with Crippen molar-refractivity contribution in [3.05, 3.63) is 30.1 Å². The van der Waals surface area contributed by atoms with Crippen LogP contribution in [0.4, 0.5) is 0 Å². The molecule has 46 heavy (non-hydrogen) atoms. The Balaban J connectivity index is 0.00000647. The van der Waals surface area contributed by atoms with Crippen LogP contribution in [0.15, 0.2) is 24.5 Å². The Morgan fingerprint density at radius 3 is 1.78 bits per heavy atom. The molecule has 1 rings (SSSR count). The van der Waals surface area contributed by atoms with Crippen LogP contribution in [0.3, 0.4) is 0 Å². The van der Waals surface area contributed by atoms with Gasteiger partial charge in [0.2, 0.25) is 36.0 Å². The van der Waals surface area contributed by atoms with Crippen molar-refractivity contribution >= 4 is 29.5 Å². The maximum atomic E-state index is 13.0. The zero-order valence-corrected chi connectivity index (χ0v) is 29.5. The maximum Gasteiger partial charge on any atom is 0.252 e. The number of aromatic nitrogens is 1. The molecule has 262 valence electrons. The molecule has 13 heteroatoms. The van der Waals surface area contributed by atoms with Gasteiger partial charge in [0, 0.05) is 36.0 Å². The van der Waals surface area contributed by atoms with Crippen LogP contribution in [-0.4, -0.2) is 78.5 Å². The average Bonchev–Trinajstić information content (AvgIpc) is 3.02. The highest BCUT2D eigenvalue weighted by Crippen LogP contribution is 2.10. The number of hydrogen-bond donors (Lipinski definition) is 7. The number of nitrogens with zero attached hydrogens (tertiary/aromatic N) is 1. The number of likely N-dealkylation sites (N-methyl/N-ethyl adjacent to an activating group) is 1. The van der Waals surface area contributed by atoms with E-state index in [-0.39, 0.29) is 47.7 Å². The van der Waals surface area contributed by atoms with Crippen LogP contribution in [0.25, 0.3) is 0 Å². The highest BCUT2D eigenvalue weighted by Gasteiger charge is 2.29. The van der Waals surface area contributed by atoms with Gasteiger partial charge in [0.05, 0.1) is 18.2 Å². The molecule has 6 atom stereocenters. The molecular weight excluding hydrogens is 590 g/mol. The minimum atomic E-state index is -0.868. The highest BCUT2D eigenvalue weighted by atomic mass is 16.5. The lowest BCUT2D eigenvalue weighted by Gasteiger charge is -2.28. The molecule has 0 spiro atoms. The second-order valence-electron chi connectivity index (χ2n) is 12.0. The van der Waals surface area contributed by atoms with E-state index in [1.807, 2.05) is 48.5 Å². The van der Waals surface area contributed by atoms with Crippen LogP contribution in [0.2, 0.25) is 0 Å². The van der Waals surface area contributed by atoms with Crippen molar-refractivity contribution in [1.29, 1.82) is 0 Å². The molecule has 0 aliphatic carbocycles. The van der Waals surface area contributed by atoms with Crippen LogP contribution in [0, 0.1) is 17.8 Å². The van der Waals surface area contributed by atoms with Crippen molar-refractivity contribution < 1.29 is 33.9 Å². The Hall–Kier alpha value is -3.74. The lowest BCUT2D eigenvalue weighted by molar-refractivity contribution is -0.904. The minimum absolute atomic E-state index is 0.0665. The summed E-state index contributed by atoms with van der Waals surface area (Å²) in [4.78, 5) is 63.7.